The van der Waals surface area contributed by atoms with Gasteiger partial charge >= 0.3 is 46.8 Å². The third-order valence-electron chi connectivity index (χ3n) is 0.190. The van der Waals surface area contributed by atoms with Gasteiger partial charge in [-0.25, -0.2) is 0 Å². The normalized spacial score (nSPS) is 7.17. The molecule has 0 saturated carbocycles. The zero-order valence-electron chi connectivity index (χ0n) is 3.24. The Labute approximate surface area is 47.2 Å². The molecular formula is C4H5AuN. The molecule has 0 saturated heterocycles. The summed E-state index contributed by atoms with van der Waals surface area (Å²) in [5, 5.41) is 0. The van der Waals surface area contributed by atoms with Gasteiger partial charge in [0.25, 0.3) is 0 Å². The summed E-state index contributed by atoms with van der Waals surface area (Å²) < 4.78 is 2.53. The van der Waals surface area contributed by atoms with Crippen molar-refractivity contribution < 1.29 is 19.8 Å². The predicted molar refractivity (Wildman–Crippen MR) is 21.7 cm³/mol. The average Bonchev–Trinajstić information content (AvgIpc) is 1.61. The molecule has 0 bridgehead atoms. The van der Waals surface area contributed by atoms with Crippen molar-refractivity contribution in [1.29, 1.82) is 0 Å². The van der Waals surface area contributed by atoms with E-state index in [-0.39, 0.29) is 19.8 Å². The number of rotatable bonds is 2. The summed E-state index contributed by atoms with van der Waals surface area (Å²) in [5.74, 6) is 0. The van der Waals surface area contributed by atoms with Crippen LogP contribution in [0.15, 0.2) is 10.9 Å². The molecule has 0 aliphatic heterocycles. The van der Waals surface area contributed by atoms with Crippen molar-refractivity contribution in [3.63, 3.8) is 0 Å². The molecule has 1 nitrogen and oxygen atoms in total. The van der Waals surface area contributed by atoms with Crippen molar-refractivity contribution in [1.82, 2.24) is 0 Å². The Bertz CT molecular complexity index is 72.1. The van der Waals surface area contributed by atoms with Crippen LogP contribution in [0.3, 0.4) is 0 Å². The van der Waals surface area contributed by atoms with E-state index in [4.69, 9.17) is 6.57 Å². The van der Waals surface area contributed by atoms with Gasteiger partial charge in [0.2, 0.25) is 0 Å². The monoisotopic (exact) mass is 264 g/mol. The van der Waals surface area contributed by atoms with Crippen molar-refractivity contribution in [2.45, 2.75) is 0 Å². The zero-order chi connectivity index (χ0) is 4.83. The van der Waals surface area contributed by atoms with Crippen LogP contribution in [0.2, 0.25) is 0 Å². The quantitative estimate of drug-likeness (QED) is 0.399. The summed E-state index contributed by atoms with van der Waals surface area (Å²) in [7, 11) is 0. The van der Waals surface area contributed by atoms with Crippen LogP contribution in [-0.4, -0.2) is 4.76 Å². The van der Waals surface area contributed by atoms with Crippen LogP contribution >= 0.6 is 0 Å². The van der Waals surface area contributed by atoms with Gasteiger partial charge in [-0.05, 0) is 0 Å². The molecule has 0 atom stereocenters. The van der Waals surface area contributed by atoms with Crippen molar-refractivity contribution in [2.24, 2.45) is 0 Å². The Morgan fingerprint density at radius 1 is 2.00 bits per heavy atom. The molecule has 0 aromatic carbocycles. The van der Waals surface area contributed by atoms with Gasteiger partial charge in [0, 0.05) is 0 Å². The molecule has 0 aliphatic rings. The molecule has 0 unspecified atom stereocenters. The molecule has 0 spiro atoms. The first-order valence-electron chi connectivity index (χ1n) is 1.34. The van der Waals surface area contributed by atoms with E-state index in [9.17, 15) is 0 Å². The number of nitrogens with zero attached hydrogens (tertiary/aromatic N) is 1. The summed E-state index contributed by atoms with van der Waals surface area (Å²) >= 11 is 0.129. The zero-order valence-corrected chi connectivity index (χ0v) is 5.41. The van der Waals surface area contributed by atoms with Gasteiger partial charge in [0.15, 0.2) is 0 Å². The summed E-state index contributed by atoms with van der Waals surface area (Å²) in [6.07, 6.45) is 0. The summed E-state index contributed by atoms with van der Waals surface area (Å²) in [6.45, 7) is 9.81. The van der Waals surface area contributed by atoms with Gasteiger partial charge in [-0.15, -0.1) is 0 Å². The molecule has 2 heteroatoms. The summed E-state index contributed by atoms with van der Waals surface area (Å²) in [5.41, 5.74) is 0. The molecule has 0 heterocycles. The molecule has 0 radical (unpaired) electrons. The van der Waals surface area contributed by atoms with E-state index in [1.165, 1.54) is 0 Å². The van der Waals surface area contributed by atoms with Gasteiger partial charge in [-0.3, -0.25) is 0 Å². The minimum atomic E-state index is 0.129. The standard InChI is InChI=1S/C2H2N.C2H3.Au/c1-3-2;1-2;/h1H2;1H,2H2;. The number of hydrogen-bond acceptors (Lipinski definition) is 0. The first kappa shape index (κ1) is 5.97. The fraction of sp³-hybridized carbons (Fsp3) is 0.250. The van der Waals surface area contributed by atoms with Crippen LogP contribution in [0, 0.1) is 6.57 Å². The van der Waals surface area contributed by atoms with Crippen LogP contribution in [-0.2, 0) is 19.8 Å². The molecule has 37 valence electrons. The molecule has 0 N–H and O–H groups in total. The van der Waals surface area contributed by atoms with Crippen molar-refractivity contribution >= 4 is 0 Å². The molecule has 0 aromatic rings. The molecule has 0 aromatic heterocycles. The van der Waals surface area contributed by atoms with Gasteiger partial charge in [-0.2, -0.15) is 0 Å². The van der Waals surface area contributed by atoms with E-state index in [0.717, 1.165) is 0 Å². The molecule has 0 aliphatic carbocycles. The number of hydrogen-bond donors (Lipinski definition) is 0. The Morgan fingerprint density at radius 2 is 2.67 bits per heavy atom. The fourth-order valence-electron chi connectivity index (χ4n) is 0.0664. The Kier molecular flexibility index (Phi) is 4.95. The van der Waals surface area contributed by atoms with Gasteiger partial charge < -0.3 is 0 Å². The second kappa shape index (κ2) is 4.97. The van der Waals surface area contributed by atoms with Crippen LogP contribution in [0.4, 0.5) is 0 Å². The van der Waals surface area contributed by atoms with E-state index in [0.29, 0.717) is 4.76 Å². The summed E-state index contributed by atoms with van der Waals surface area (Å²) in [6, 6.07) is 0. The second-order valence-corrected chi connectivity index (χ2v) is 2.95. The van der Waals surface area contributed by atoms with E-state index in [1.54, 1.807) is 0 Å². The van der Waals surface area contributed by atoms with Crippen molar-refractivity contribution in [3.8, 4) is 0 Å². The first-order chi connectivity index (χ1) is 2.91. The minimum absolute atomic E-state index is 0.129. The fourth-order valence-corrected chi connectivity index (χ4v) is 0.544. The molecule has 0 amide bonds. The second-order valence-electron chi connectivity index (χ2n) is 0.500. The van der Waals surface area contributed by atoms with E-state index in [2.05, 4.69) is 11.4 Å². The van der Waals surface area contributed by atoms with Gasteiger partial charge in [0.05, 0.1) is 0 Å². The van der Waals surface area contributed by atoms with E-state index in [1.807, 2.05) is 4.29 Å². The molecule has 0 fully saturated rings. The van der Waals surface area contributed by atoms with Crippen LogP contribution in [0.25, 0.3) is 4.85 Å². The van der Waals surface area contributed by atoms with Crippen LogP contribution in [0.5, 0.6) is 0 Å². The van der Waals surface area contributed by atoms with E-state index >= 15 is 0 Å². The maximum absolute atomic E-state index is 6.31. The first-order valence-corrected chi connectivity index (χ1v) is 4.12. The van der Waals surface area contributed by atoms with Crippen molar-refractivity contribution in [3.05, 3.63) is 22.3 Å². The topological polar surface area (TPSA) is 4.36 Å². The molecule has 0 rings (SSSR count). The van der Waals surface area contributed by atoms with Crippen molar-refractivity contribution in [2.75, 3.05) is 4.76 Å². The average molecular weight is 264 g/mol. The predicted octanol–water partition coefficient (Wildman–Crippen LogP) is 1.09. The van der Waals surface area contributed by atoms with E-state index < -0.39 is 0 Å². The third-order valence-corrected chi connectivity index (χ3v) is 1.55. The maximum atomic E-state index is 6.31. The molecule has 6 heavy (non-hydrogen) atoms. The third kappa shape index (κ3) is 3.97. The van der Waals surface area contributed by atoms with Crippen LogP contribution in [0.1, 0.15) is 0 Å². The van der Waals surface area contributed by atoms with Crippen LogP contribution < -0.4 is 0 Å². The Morgan fingerprint density at radius 3 is 2.83 bits per heavy atom. The van der Waals surface area contributed by atoms with Gasteiger partial charge in [-0.1, -0.05) is 0 Å². The van der Waals surface area contributed by atoms with Gasteiger partial charge in [0.1, 0.15) is 0 Å². The Balaban J connectivity index is 2.72. The summed E-state index contributed by atoms with van der Waals surface area (Å²) in [4.78, 5) is 3.15. The molecular weight excluding hydrogens is 259 g/mol. The Hall–Kier alpha value is -0.0297. The SMILES string of the molecule is [C-]#[N+][CH2][Au][CH]=C.